The van der Waals surface area contributed by atoms with E-state index in [1.807, 2.05) is 48.5 Å². The van der Waals surface area contributed by atoms with Gasteiger partial charge in [-0.3, -0.25) is 0 Å². The van der Waals surface area contributed by atoms with E-state index < -0.39 is 6.10 Å². The van der Waals surface area contributed by atoms with Crippen LogP contribution < -0.4 is 0 Å². The van der Waals surface area contributed by atoms with Crippen molar-refractivity contribution < 1.29 is 9.84 Å². The largest absolute Gasteiger partial charge is 0.388 e. The van der Waals surface area contributed by atoms with Gasteiger partial charge in [-0.05, 0) is 54.7 Å². The van der Waals surface area contributed by atoms with E-state index in [1.165, 1.54) is 0 Å². The van der Waals surface area contributed by atoms with Crippen molar-refractivity contribution in [3.63, 3.8) is 0 Å². The molecule has 23 heavy (non-hydrogen) atoms. The van der Waals surface area contributed by atoms with Gasteiger partial charge in [0.15, 0.2) is 0 Å². The second-order valence-corrected chi connectivity index (χ2v) is 6.92. The Kier molecular flexibility index (Phi) is 5.60. The lowest BCUT2D eigenvalue weighted by molar-refractivity contribution is -0.00601. The van der Waals surface area contributed by atoms with E-state index in [2.05, 4.69) is 0 Å². The fourth-order valence-electron chi connectivity index (χ4n) is 3.22. The van der Waals surface area contributed by atoms with Crippen molar-refractivity contribution in [2.75, 3.05) is 6.61 Å². The molecular weight excluding hydrogens is 331 g/mol. The van der Waals surface area contributed by atoms with Crippen molar-refractivity contribution in [1.82, 2.24) is 0 Å². The minimum absolute atomic E-state index is 0.00265. The van der Waals surface area contributed by atoms with Crippen LogP contribution >= 0.6 is 23.2 Å². The molecule has 0 radical (unpaired) electrons. The molecule has 3 rings (SSSR count). The molecule has 0 amide bonds. The Morgan fingerprint density at radius 2 is 1.87 bits per heavy atom. The Balaban J connectivity index is 1.84. The monoisotopic (exact) mass is 350 g/mol. The first-order chi connectivity index (χ1) is 11.1. The highest BCUT2D eigenvalue weighted by atomic mass is 35.5. The van der Waals surface area contributed by atoms with Gasteiger partial charge < -0.3 is 9.84 Å². The Morgan fingerprint density at radius 3 is 2.52 bits per heavy atom. The maximum Gasteiger partial charge on any atom is 0.0846 e. The third-order valence-corrected chi connectivity index (χ3v) is 4.91. The normalized spacial score (nSPS) is 20.4. The zero-order valence-electron chi connectivity index (χ0n) is 12.8. The summed E-state index contributed by atoms with van der Waals surface area (Å²) in [4.78, 5) is 0. The van der Waals surface area contributed by atoms with Gasteiger partial charge in [0.1, 0.15) is 0 Å². The van der Waals surface area contributed by atoms with E-state index >= 15 is 0 Å². The molecule has 1 unspecified atom stereocenters. The molecule has 0 spiro atoms. The average Bonchev–Trinajstić information content (AvgIpc) is 3.08. The fraction of sp³-hybridized carbons (Fsp3) is 0.368. The predicted molar refractivity (Wildman–Crippen MR) is 94.0 cm³/mol. The van der Waals surface area contributed by atoms with E-state index in [1.54, 1.807) is 0 Å². The van der Waals surface area contributed by atoms with Crippen LogP contribution in [0, 0.1) is 5.92 Å². The van der Waals surface area contributed by atoms with Gasteiger partial charge in [-0.2, -0.15) is 0 Å². The van der Waals surface area contributed by atoms with Gasteiger partial charge in [-0.25, -0.2) is 0 Å². The highest BCUT2D eigenvalue weighted by Gasteiger charge is 2.32. The summed E-state index contributed by atoms with van der Waals surface area (Å²) < 4.78 is 5.86. The Labute approximate surface area is 147 Å². The molecule has 0 aromatic heterocycles. The van der Waals surface area contributed by atoms with Crippen molar-refractivity contribution in [2.24, 2.45) is 5.92 Å². The van der Waals surface area contributed by atoms with Crippen molar-refractivity contribution >= 4 is 23.2 Å². The molecule has 2 aromatic carbocycles. The van der Waals surface area contributed by atoms with E-state index in [0.29, 0.717) is 5.02 Å². The molecule has 122 valence electrons. The zero-order valence-corrected chi connectivity index (χ0v) is 14.3. The summed E-state index contributed by atoms with van der Waals surface area (Å²) in [5.41, 5.74) is 1.99. The molecule has 0 bridgehead atoms. The van der Waals surface area contributed by atoms with Crippen LogP contribution in [-0.2, 0) is 11.2 Å². The summed E-state index contributed by atoms with van der Waals surface area (Å²) in [6.45, 7) is 0.768. The van der Waals surface area contributed by atoms with Gasteiger partial charge in [0.25, 0.3) is 0 Å². The average molecular weight is 351 g/mol. The van der Waals surface area contributed by atoms with Gasteiger partial charge in [0.2, 0.25) is 0 Å². The summed E-state index contributed by atoms with van der Waals surface area (Å²) >= 11 is 12.0. The second kappa shape index (κ2) is 7.67. The molecule has 2 nitrogen and oxygen atoms in total. The topological polar surface area (TPSA) is 29.5 Å². The second-order valence-electron chi connectivity index (χ2n) is 6.05. The number of hydrogen-bond acceptors (Lipinski definition) is 2. The maximum atomic E-state index is 10.9. The third-order valence-electron chi connectivity index (χ3n) is 4.42. The molecule has 1 aliphatic heterocycles. The molecule has 1 N–H and O–H groups in total. The van der Waals surface area contributed by atoms with Crippen molar-refractivity contribution in [1.29, 1.82) is 0 Å². The number of hydrogen-bond donors (Lipinski definition) is 1. The van der Waals surface area contributed by atoms with Gasteiger partial charge in [0, 0.05) is 22.6 Å². The molecule has 0 aliphatic carbocycles. The van der Waals surface area contributed by atoms with E-state index in [-0.39, 0.29) is 12.0 Å². The smallest absolute Gasteiger partial charge is 0.0846 e. The fourth-order valence-corrected chi connectivity index (χ4v) is 3.54. The highest BCUT2D eigenvalue weighted by molar-refractivity contribution is 6.30. The van der Waals surface area contributed by atoms with Gasteiger partial charge >= 0.3 is 0 Å². The summed E-state index contributed by atoms with van der Waals surface area (Å²) in [6.07, 6.45) is 2.24. The van der Waals surface area contributed by atoms with E-state index in [9.17, 15) is 5.11 Å². The van der Waals surface area contributed by atoms with Crippen molar-refractivity contribution in [3.8, 4) is 0 Å². The van der Waals surface area contributed by atoms with Crippen LogP contribution in [0.4, 0.5) is 0 Å². The lowest BCUT2D eigenvalue weighted by Gasteiger charge is -2.28. The SMILES string of the molecule is OC(c1cccc(Cl)c1)[C@@H](Cc1ccc(Cl)cc1)[C@@H]1CCCO1. The van der Waals surface area contributed by atoms with Gasteiger partial charge in [0.05, 0.1) is 12.2 Å². The van der Waals surface area contributed by atoms with Crippen LogP contribution in [0.15, 0.2) is 48.5 Å². The van der Waals surface area contributed by atoms with Crippen molar-refractivity contribution in [3.05, 3.63) is 69.7 Å². The number of aliphatic hydroxyl groups excluding tert-OH is 1. The van der Waals surface area contributed by atoms with Crippen LogP contribution in [0.2, 0.25) is 10.0 Å². The zero-order chi connectivity index (χ0) is 16.2. The highest BCUT2D eigenvalue weighted by Crippen LogP contribution is 2.34. The third kappa shape index (κ3) is 4.27. The van der Waals surface area contributed by atoms with Gasteiger partial charge in [-0.15, -0.1) is 0 Å². The standard InChI is InChI=1S/C19H20Cl2O2/c20-15-8-6-13(7-9-15)11-17(18-5-2-10-23-18)19(22)14-3-1-4-16(21)12-14/h1,3-4,6-9,12,17-19,22H,2,5,10-11H2/t17-,18-,19?/m0/s1. The molecule has 2 aromatic rings. The molecule has 1 heterocycles. The Bertz CT molecular complexity index is 636. The minimum Gasteiger partial charge on any atom is -0.388 e. The summed E-state index contributed by atoms with van der Waals surface area (Å²) in [5.74, 6) is -0.00265. The number of benzene rings is 2. The number of halogens is 2. The van der Waals surface area contributed by atoms with Crippen LogP contribution in [0.5, 0.6) is 0 Å². The lowest BCUT2D eigenvalue weighted by Crippen LogP contribution is -2.28. The molecule has 3 atom stereocenters. The summed E-state index contributed by atoms with van der Waals surface area (Å²) in [7, 11) is 0. The first-order valence-corrected chi connectivity index (χ1v) is 8.68. The summed E-state index contributed by atoms with van der Waals surface area (Å²) in [6, 6.07) is 15.2. The molecule has 0 saturated carbocycles. The predicted octanol–water partition coefficient (Wildman–Crippen LogP) is 5.06. The summed E-state index contributed by atoms with van der Waals surface area (Å²) in [5, 5.41) is 12.3. The first-order valence-electron chi connectivity index (χ1n) is 7.93. The number of aliphatic hydroxyl groups is 1. The van der Waals surface area contributed by atoms with Crippen molar-refractivity contribution in [2.45, 2.75) is 31.5 Å². The maximum absolute atomic E-state index is 10.9. The number of ether oxygens (including phenoxy) is 1. The van der Waals surface area contributed by atoms with E-state index in [4.69, 9.17) is 27.9 Å². The lowest BCUT2D eigenvalue weighted by atomic mass is 9.84. The minimum atomic E-state index is -0.604. The molecule has 1 saturated heterocycles. The Morgan fingerprint density at radius 1 is 1.09 bits per heavy atom. The quantitative estimate of drug-likeness (QED) is 0.815. The van der Waals surface area contributed by atoms with Crippen LogP contribution in [-0.4, -0.2) is 17.8 Å². The van der Waals surface area contributed by atoms with E-state index in [0.717, 1.165) is 42.0 Å². The Hall–Kier alpha value is -1.06. The first kappa shape index (κ1) is 16.8. The van der Waals surface area contributed by atoms with Crippen LogP contribution in [0.25, 0.3) is 0 Å². The van der Waals surface area contributed by atoms with Crippen LogP contribution in [0.1, 0.15) is 30.1 Å². The molecule has 1 aliphatic rings. The number of rotatable bonds is 5. The van der Waals surface area contributed by atoms with Crippen LogP contribution in [0.3, 0.4) is 0 Å². The molecular formula is C19H20Cl2O2. The van der Waals surface area contributed by atoms with Gasteiger partial charge in [-0.1, -0.05) is 47.5 Å². The molecule has 4 heteroatoms. The molecule has 1 fully saturated rings.